The summed E-state index contributed by atoms with van der Waals surface area (Å²) in [5, 5.41) is 7.88. The van der Waals surface area contributed by atoms with Gasteiger partial charge in [0.1, 0.15) is 0 Å². The summed E-state index contributed by atoms with van der Waals surface area (Å²) in [6.07, 6.45) is 8.02. The van der Waals surface area contributed by atoms with Crippen LogP contribution in [0.25, 0.3) is 10.9 Å². The SMILES string of the molecule is C=CCSSCCC(=O)NCCCNc1c2c(nc3ccccc13)CCCC2. The van der Waals surface area contributed by atoms with E-state index in [1.807, 2.05) is 6.08 Å². The molecule has 6 heteroatoms. The molecule has 1 heterocycles. The van der Waals surface area contributed by atoms with Crippen LogP contribution in [-0.4, -0.2) is 35.5 Å². The van der Waals surface area contributed by atoms with E-state index in [2.05, 4.69) is 41.5 Å². The predicted octanol–water partition coefficient (Wildman–Crippen LogP) is 4.99. The molecule has 150 valence electrons. The van der Waals surface area contributed by atoms with Gasteiger partial charge in [-0.3, -0.25) is 9.78 Å². The van der Waals surface area contributed by atoms with E-state index in [1.54, 1.807) is 21.6 Å². The normalized spacial score (nSPS) is 13.1. The Hall–Kier alpha value is -1.66. The molecule has 1 aromatic heterocycles. The van der Waals surface area contributed by atoms with E-state index in [1.165, 1.54) is 35.2 Å². The molecule has 2 aromatic rings. The number of amides is 1. The van der Waals surface area contributed by atoms with Crippen LogP contribution in [0.4, 0.5) is 5.69 Å². The Kier molecular flexibility index (Phi) is 8.55. The summed E-state index contributed by atoms with van der Waals surface area (Å²) >= 11 is 0. The third-order valence-corrected chi connectivity index (χ3v) is 7.15. The molecular weight excluding hydrogens is 386 g/mol. The minimum atomic E-state index is 0.137. The molecule has 4 nitrogen and oxygen atoms in total. The molecule has 1 aliphatic carbocycles. The largest absolute Gasteiger partial charge is 0.384 e. The lowest BCUT2D eigenvalue weighted by Crippen LogP contribution is -2.26. The zero-order valence-corrected chi connectivity index (χ0v) is 18.0. The summed E-state index contributed by atoms with van der Waals surface area (Å²) in [4.78, 5) is 16.8. The van der Waals surface area contributed by atoms with Gasteiger partial charge in [-0.25, -0.2) is 0 Å². The lowest BCUT2D eigenvalue weighted by atomic mass is 9.92. The van der Waals surface area contributed by atoms with E-state index in [9.17, 15) is 4.79 Å². The molecule has 2 N–H and O–H groups in total. The smallest absolute Gasteiger partial charge is 0.220 e. The van der Waals surface area contributed by atoms with Crippen LogP contribution >= 0.6 is 21.6 Å². The third-order valence-electron chi connectivity index (χ3n) is 4.83. The minimum Gasteiger partial charge on any atom is -0.384 e. The number of nitrogens with one attached hydrogen (secondary N) is 2. The van der Waals surface area contributed by atoms with Gasteiger partial charge in [-0.05, 0) is 43.7 Å². The standard InChI is InChI=1S/C22H29N3OS2/c1-2-15-27-28-16-12-21(26)23-13-7-14-24-22-17-8-3-5-10-19(17)25-20-11-6-4-9-18(20)22/h2-3,5,8,10H,1,4,6-7,9,11-16H2,(H,23,26)(H,24,25). The molecule has 1 aromatic carbocycles. The van der Waals surface area contributed by atoms with E-state index in [0.717, 1.165) is 42.8 Å². The maximum absolute atomic E-state index is 11.9. The number of hydrogen-bond acceptors (Lipinski definition) is 5. The molecular formula is C22H29N3OS2. The highest BCUT2D eigenvalue weighted by atomic mass is 33.1. The van der Waals surface area contributed by atoms with Crippen LogP contribution in [0.2, 0.25) is 0 Å². The highest BCUT2D eigenvalue weighted by Crippen LogP contribution is 2.33. The second-order valence-corrected chi connectivity index (χ2v) is 9.54. The minimum absolute atomic E-state index is 0.137. The molecule has 28 heavy (non-hydrogen) atoms. The number of benzene rings is 1. The number of aryl methyl sites for hydroxylation is 1. The third kappa shape index (κ3) is 5.92. The van der Waals surface area contributed by atoms with Crippen molar-refractivity contribution in [1.29, 1.82) is 0 Å². The Morgan fingerprint density at radius 2 is 2.04 bits per heavy atom. The predicted molar refractivity (Wildman–Crippen MR) is 124 cm³/mol. The Morgan fingerprint density at radius 3 is 2.93 bits per heavy atom. The summed E-state index contributed by atoms with van der Waals surface area (Å²) in [7, 11) is 3.47. The Morgan fingerprint density at radius 1 is 1.18 bits per heavy atom. The van der Waals surface area contributed by atoms with E-state index in [0.29, 0.717) is 13.0 Å². The van der Waals surface area contributed by atoms with Crippen LogP contribution in [0.3, 0.4) is 0 Å². The quantitative estimate of drug-likeness (QED) is 0.308. The number of hydrogen-bond donors (Lipinski definition) is 2. The molecule has 0 unspecified atom stereocenters. The van der Waals surface area contributed by atoms with Crippen molar-refractivity contribution >= 4 is 44.1 Å². The molecule has 0 aliphatic heterocycles. The van der Waals surface area contributed by atoms with Crippen LogP contribution in [0.5, 0.6) is 0 Å². The maximum Gasteiger partial charge on any atom is 0.220 e. The molecule has 0 radical (unpaired) electrons. The molecule has 0 fully saturated rings. The molecule has 0 spiro atoms. The van der Waals surface area contributed by atoms with Crippen LogP contribution in [0.15, 0.2) is 36.9 Å². The van der Waals surface area contributed by atoms with Gasteiger partial charge in [-0.15, -0.1) is 6.58 Å². The fourth-order valence-electron chi connectivity index (χ4n) is 3.48. The van der Waals surface area contributed by atoms with Crippen LogP contribution in [0, 0.1) is 0 Å². The van der Waals surface area contributed by atoms with Crippen molar-refractivity contribution in [2.24, 2.45) is 0 Å². The summed E-state index contributed by atoms with van der Waals surface area (Å²) in [5.74, 6) is 1.90. The monoisotopic (exact) mass is 415 g/mol. The van der Waals surface area contributed by atoms with Gasteiger partial charge in [-0.2, -0.15) is 0 Å². The molecule has 0 saturated carbocycles. The fraction of sp³-hybridized carbons (Fsp3) is 0.455. The van der Waals surface area contributed by atoms with E-state index < -0.39 is 0 Å². The van der Waals surface area contributed by atoms with Crippen molar-refractivity contribution < 1.29 is 4.79 Å². The van der Waals surface area contributed by atoms with Crippen molar-refractivity contribution in [3.05, 3.63) is 48.2 Å². The van der Waals surface area contributed by atoms with Gasteiger partial charge in [0.15, 0.2) is 0 Å². The van der Waals surface area contributed by atoms with Gasteiger partial charge < -0.3 is 10.6 Å². The van der Waals surface area contributed by atoms with E-state index in [-0.39, 0.29) is 5.91 Å². The van der Waals surface area contributed by atoms with Crippen LogP contribution < -0.4 is 10.6 Å². The average Bonchev–Trinajstić information content (AvgIpc) is 2.72. The number of rotatable bonds is 11. The lowest BCUT2D eigenvalue weighted by Gasteiger charge is -2.21. The Balaban J connectivity index is 1.47. The van der Waals surface area contributed by atoms with Gasteiger partial charge in [0.05, 0.1) is 5.52 Å². The first kappa shape index (κ1) is 21.1. The average molecular weight is 416 g/mol. The van der Waals surface area contributed by atoms with E-state index >= 15 is 0 Å². The van der Waals surface area contributed by atoms with Gasteiger partial charge >= 0.3 is 0 Å². The Labute approximate surface area is 175 Å². The number of fused-ring (bicyclic) bond motifs is 2. The number of para-hydroxylation sites is 1. The van der Waals surface area contributed by atoms with Crippen molar-refractivity contribution in [3.8, 4) is 0 Å². The number of carbonyl (C=O) groups excluding carboxylic acids is 1. The molecule has 1 aliphatic rings. The summed E-state index contributed by atoms with van der Waals surface area (Å²) < 4.78 is 0. The van der Waals surface area contributed by atoms with Crippen molar-refractivity contribution in [2.45, 2.75) is 38.5 Å². The van der Waals surface area contributed by atoms with Gasteiger partial charge in [0.2, 0.25) is 5.91 Å². The zero-order valence-electron chi connectivity index (χ0n) is 16.3. The first-order valence-corrected chi connectivity index (χ1v) is 12.5. The van der Waals surface area contributed by atoms with Crippen LogP contribution in [-0.2, 0) is 17.6 Å². The molecule has 0 atom stereocenters. The van der Waals surface area contributed by atoms with Crippen molar-refractivity contribution in [3.63, 3.8) is 0 Å². The number of carbonyl (C=O) groups is 1. The lowest BCUT2D eigenvalue weighted by molar-refractivity contribution is -0.120. The summed E-state index contributed by atoms with van der Waals surface area (Å²) in [5.41, 5.74) is 4.98. The van der Waals surface area contributed by atoms with Gasteiger partial charge in [-0.1, -0.05) is 45.9 Å². The summed E-state index contributed by atoms with van der Waals surface area (Å²) in [6.45, 7) is 5.25. The fourth-order valence-corrected chi connectivity index (χ4v) is 5.24. The topological polar surface area (TPSA) is 54.0 Å². The zero-order chi connectivity index (χ0) is 19.6. The van der Waals surface area contributed by atoms with E-state index in [4.69, 9.17) is 4.98 Å². The summed E-state index contributed by atoms with van der Waals surface area (Å²) in [6, 6.07) is 8.39. The molecule has 0 bridgehead atoms. The number of anilines is 1. The van der Waals surface area contributed by atoms with Gasteiger partial charge in [0.25, 0.3) is 0 Å². The first-order valence-electron chi connectivity index (χ1n) is 10.1. The second-order valence-electron chi connectivity index (χ2n) is 6.91. The highest BCUT2D eigenvalue weighted by molar-refractivity contribution is 8.76. The van der Waals surface area contributed by atoms with Crippen molar-refractivity contribution in [1.82, 2.24) is 10.3 Å². The number of pyridine rings is 1. The maximum atomic E-state index is 11.9. The molecule has 1 amide bonds. The van der Waals surface area contributed by atoms with Crippen LogP contribution in [0.1, 0.15) is 36.9 Å². The number of nitrogens with zero attached hydrogens (tertiary/aromatic N) is 1. The number of aromatic nitrogens is 1. The highest BCUT2D eigenvalue weighted by Gasteiger charge is 2.17. The van der Waals surface area contributed by atoms with Gasteiger partial charge in [0, 0.05) is 47.8 Å². The molecule has 3 rings (SSSR count). The molecule has 0 saturated heterocycles. The first-order chi connectivity index (χ1) is 13.8. The van der Waals surface area contributed by atoms with Crippen molar-refractivity contribution in [2.75, 3.05) is 29.9 Å². The second kappa shape index (κ2) is 11.4. The Bertz CT molecular complexity index is 810.